The molecule has 0 bridgehead atoms. The molecule has 0 spiro atoms. The molecule has 1 aromatic heterocycles. The molecule has 5 heteroatoms. The Balaban J connectivity index is 2.37. The molecular formula is C8H8F2N2S. The lowest BCUT2D eigenvalue weighted by Gasteiger charge is -2.23. The number of hydrogen-bond acceptors (Lipinski definition) is 3. The third-order valence-corrected chi connectivity index (χ3v) is 3.32. The number of rotatable bonds is 1. The van der Waals surface area contributed by atoms with Crippen molar-refractivity contribution < 1.29 is 8.78 Å². The Morgan fingerprint density at radius 3 is 2.15 bits per heavy atom. The van der Waals surface area contributed by atoms with Crippen LogP contribution in [0.3, 0.4) is 0 Å². The fourth-order valence-electron chi connectivity index (χ4n) is 1.05. The molecule has 1 saturated heterocycles. The highest BCUT2D eigenvalue weighted by molar-refractivity contribution is 8.00. The molecule has 2 rings (SSSR count). The predicted octanol–water partition coefficient (Wildman–Crippen LogP) is 1.89. The Labute approximate surface area is 78.8 Å². The maximum atomic E-state index is 13.0. The smallest absolute Gasteiger partial charge is 0.204 e. The zero-order valence-corrected chi connectivity index (χ0v) is 7.87. The van der Waals surface area contributed by atoms with Gasteiger partial charge in [-0.2, -0.15) is 20.5 Å². The molecule has 0 atom stereocenters. The summed E-state index contributed by atoms with van der Waals surface area (Å²) >= 11 is 1.73. The Morgan fingerprint density at radius 2 is 1.77 bits per heavy atom. The summed E-state index contributed by atoms with van der Waals surface area (Å²) in [5.41, 5.74) is -0.101. The normalized spacial score (nSPS) is 17.2. The Hall–Kier alpha value is -0.710. The number of thioether (sulfide) groups is 1. The summed E-state index contributed by atoms with van der Waals surface area (Å²) in [6.45, 7) is 1.34. The molecule has 13 heavy (non-hydrogen) atoms. The molecule has 0 N–H and O–H groups in total. The van der Waals surface area contributed by atoms with Gasteiger partial charge in [-0.05, 0) is 6.92 Å². The van der Waals surface area contributed by atoms with E-state index >= 15 is 0 Å². The average Bonchev–Trinajstić information content (AvgIpc) is 1.96. The molecule has 2 heterocycles. The molecule has 1 aliphatic rings. The van der Waals surface area contributed by atoms with Crippen molar-refractivity contribution >= 4 is 11.8 Å². The van der Waals surface area contributed by atoms with E-state index in [1.165, 1.54) is 6.92 Å². The first-order valence-electron chi connectivity index (χ1n) is 3.95. The van der Waals surface area contributed by atoms with Gasteiger partial charge in [0.05, 0.1) is 5.56 Å². The molecule has 1 aromatic rings. The van der Waals surface area contributed by atoms with Gasteiger partial charge in [0.15, 0.2) is 0 Å². The lowest BCUT2D eigenvalue weighted by molar-refractivity contribution is 0.491. The van der Waals surface area contributed by atoms with Gasteiger partial charge in [-0.25, -0.2) is 9.97 Å². The topological polar surface area (TPSA) is 25.8 Å². The van der Waals surface area contributed by atoms with E-state index in [1.807, 2.05) is 0 Å². The second kappa shape index (κ2) is 3.21. The first-order valence-corrected chi connectivity index (χ1v) is 5.11. The Morgan fingerprint density at radius 1 is 1.23 bits per heavy atom. The molecule has 0 radical (unpaired) electrons. The van der Waals surface area contributed by atoms with Crippen molar-refractivity contribution in [1.29, 1.82) is 0 Å². The van der Waals surface area contributed by atoms with E-state index in [9.17, 15) is 8.78 Å². The third-order valence-electron chi connectivity index (χ3n) is 2.05. The minimum atomic E-state index is -0.737. The minimum absolute atomic E-state index is 0.101. The van der Waals surface area contributed by atoms with Crippen LogP contribution < -0.4 is 0 Å². The Bertz CT molecular complexity index is 316. The summed E-state index contributed by atoms with van der Waals surface area (Å²) in [5.74, 6) is 0.692. The van der Waals surface area contributed by atoms with Crippen LogP contribution in [0.15, 0.2) is 0 Å². The van der Waals surface area contributed by atoms with Crippen molar-refractivity contribution in [1.82, 2.24) is 9.97 Å². The van der Waals surface area contributed by atoms with Gasteiger partial charge >= 0.3 is 0 Å². The van der Waals surface area contributed by atoms with Gasteiger partial charge in [-0.1, -0.05) is 0 Å². The van der Waals surface area contributed by atoms with E-state index in [4.69, 9.17) is 0 Å². The first kappa shape index (κ1) is 8.87. The van der Waals surface area contributed by atoms with Crippen LogP contribution in [0.25, 0.3) is 0 Å². The van der Waals surface area contributed by atoms with Crippen LogP contribution in [0.1, 0.15) is 17.3 Å². The highest BCUT2D eigenvalue weighted by Gasteiger charge is 2.25. The minimum Gasteiger partial charge on any atom is -0.204 e. The van der Waals surface area contributed by atoms with Gasteiger partial charge in [-0.15, -0.1) is 0 Å². The summed E-state index contributed by atoms with van der Waals surface area (Å²) in [6, 6.07) is 0. The third kappa shape index (κ3) is 1.52. The van der Waals surface area contributed by atoms with Gasteiger partial charge in [0.2, 0.25) is 11.9 Å². The van der Waals surface area contributed by atoms with Gasteiger partial charge in [0, 0.05) is 17.4 Å². The highest BCUT2D eigenvalue weighted by atomic mass is 32.2. The number of nitrogens with zero attached hydrogens (tertiary/aromatic N) is 2. The number of halogens is 2. The molecule has 0 aromatic carbocycles. The van der Waals surface area contributed by atoms with Crippen LogP contribution >= 0.6 is 11.8 Å². The molecule has 2 nitrogen and oxygen atoms in total. The van der Waals surface area contributed by atoms with Crippen molar-refractivity contribution in [3.8, 4) is 0 Å². The van der Waals surface area contributed by atoms with E-state index in [2.05, 4.69) is 9.97 Å². The SMILES string of the molecule is Cc1c(F)nc(C2CSC2)nc1F. The maximum Gasteiger partial charge on any atom is 0.222 e. The van der Waals surface area contributed by atoms with E-state index < -0.39 is 11.9 Å². The second-order valence-electron chi connectivity index (χ2n) is 3.02. The molecule has 0 aliphatic carbocycles. The lowest BCUT2D eigenvalue weighted by atomic mass is 10.2. The zero-order valence-electron chi connectivity index (χ0n) is 7.05. The Kier molecular flexibility index (Phi) is 2.19. The lowest BCUT2D eigenvalue weighted by Crippen LogP contribution is -2.20. The first-order chi connectivity index (χ1) is 6.18. The van der Waals surface area contributed by atoms with Crippen LogP contribution in [0, 0.1) is 18.8 Å². The largest absolute Gasteiger partial charge is 0.222 e. The van der Waals surface area contributed by atoms with Crippen molar-refractivity contribution in [2.75, 3.05) is 11.5 Å². The fraction of sp³-hybridized carbons (Fsp3) is 0.500. The maximum absolute atomic E-state index is 13.0. The molecular weight excluding hydrogens is 194 g/mol. The molecule has 70 valence electrons. The van der Waals surface area contributed by atoms with Crippen LogP contribution in [0.4, 0.5) is 8.78 Å². The van der Waals surface area contributed by atoms with Gasteiger partial charge in [0.25, 0.3) is 0 Å². The number of hydrogen-bond donors (Lipinski definition) is 0. The van der Waals surface area contributed by atoms with Gasteiger partial charge < -0.3 is 0 Å². The fourth-order valence-corrected chi connectivity index (χ4v) is 1.82. The molecule has 0 saturated carbocycles. The molecule has 0 unspecified atom stereocenters. The quantitative estimate of drug-likeness (QED) is 0.650. The molecule has 1 fully saturated rings. The van der Waals surface area contributed by atoms with E-state index in [1.54, 1.807) is 11.8 Å². The molecule has 1 aliphatic heterocycles. The number of aromatic nitrogens is 2. The molecule has 0 amide bonds. The highest BCUT2D eigenvalue weighted by Crippen LogP contribution is 2.32. The standard InChI is InChI=1S/C8H8F2N2S/c1-4-6(9)11-8(12-7(4)10)5-2-13-3-5/h5H,2-3H2,1H3. The predicted molar refractivity (Wildman–Crippen MR) is 46.8 cm³/mol. The summed E-state index contributed by atoms with van der Waals surface area (Å²) in [4.78, 5) is 7.25. The van der Waals surface area contributed by atoms with Crippen molar-refractivity contribution in [3.63, 3.8) is 0 Å². The van der Waals surface area contributed by atoms with E-state index in [-0.39, 0.29) is 11.5 Å². The average molecular weight is 202 g/mol. The summed E-state index contributed by atoms with van der Waals surface area (Å²) in [7, 11) is 0. The van der Waals surface area contributed by atoms with Crippen molar-refractivity contribution in [3.05, 3.63) is 23.3 Å². The van der Waals surface area contributed by atoms with Crippen LogP contribution in [0.5, 0.6) is 0 Å². The van der Waals surface area contributed by atoms with Crippen molar-refractivity contribution in [2.45, 2.75) is 12.8 Å². The van der Waals surface area contributed by atoms with Crippen molar-refractivity contribution in [2.24, 2.45) is 0 Å². The van der Waals surface area contributed by atoms with E-state index in [0.29, 0.717) is 5.82 Å². The summed E-state index contributed by atoms with van der Waals surface area (Å²) in [6.07, 6.45) is 0. The van der Waals surface area contributed by atoms with Gasteiger partial charge in [0.1, 0.15) is 5.82 Å². The van der Waals surface area contributed by atoms with E-state index in [0.717, 1.165) is 11.5 Å². The van der Waals surface area contributed by atoms with Crippen LogP contribution in [-0.2, 0) is 0 Å². The monoisotopic (exact) mass is 202 g/mol. The summed E-state index contributed by atoms with van der Waals surface area (Å²) in [5, 5.41) is 0. The van der Waals surface area contributed by atoms with Crippen LogP contribution in [-0.4, -0.2) is 21.5 Å². The zero-order chi connectivity index (χ0) is 9.42. The summed E-state index contributed by atoms with van der Waals surface area (Å²) < 4.78 is 25.9. The van der Waals surface area contributed by atoms with Crippen LogP contribution in [0.2, 0.25) is 0 Å². The van der Waals surface area contributed by atoms with Gasteiger partial charge in [-0.3, -0.25) is 0 Å². The second-order valence-corrected chi connectivity index (χ2v) is 4.10.